The average molecular weight is 386 g/mol. The zero-order valence-electron chi connectivity index (χ0n) is 16.6. The number of carboxylic acids is 1. The van der Waals surface area contributed by atoms with Crippen LogP contribution in [0.3, 0.4) is 0 Å². The number of benzene rings is 4. The quantitative estimate of drug-likeness (QED) is 0.188. The molecule has 3 heteroatoms. The van der Waals surface area contributed by atoms with Gasteiger partial charge in [0.05, 0.1) is 0 Å². The van der Waals surface area contributed by atoms with Crippen molar-refractivity contribution in [3.63, 3.8) is 0 Å². The van der Waals surface area contributed by atoms with Gasteiger partial charge >= 0.3 is 5.97 Å². The highest BCUT2D eigenvalue weighted by molar-refractivity contribution is 6.23. The van der Waals surface area contributed by atoms with Crippen LogP contribution in [0.25, 0.3) is 32.3 Å². The lowest BCUT2D eigenvalue weighted by molar-refractivity contribution is -0.137. The molecule has 4 aromatic carbocycles. The Hall–Kier alpha value is -2.94. The SMILES string of the molecule is O=CC(CCCCCCCC(=O)O)c1ccc2ccc3cccc4ccc1c2c34. The van der Waals surface area contributed by atoms with Gasteiger partial charge in [0.2, 0.25) is 0 Å². The Morgan fingerprint density at radius 3 is 2.14 bits per heavy atom. The molecule has 0 aliphatic heterocycles. The van der Waals surface area contributed by atoms with Gasteiger partial charge < -0.3 is 9.90 Å². The molecule has 0 bridgehead atoms. The first-order valence-electron chi connectivity index (χ1n) is 10.5. The van der Waals surface area contributed by atoms with Gasteiger partial charge in [0.15, 0.2) is 0 Å². The Bertz CT molecular complexity index is 1130. The van der Waals surface area contributed by atoms with E-state index in [0.29, 0.717) is 0 Å². The molecule has 0 aromatic heterocycles. The van der Waals surface area contributed by atoms with Crippen LogP contribution in [0, 0.1) is 0 Å². The molecule has 0 heterocycles. The van der Waals surface area contributed by atoms with Crippen LogP contribution in [0.4, 0.5) is 0 Å². The van der Waals surface area contributed by atoms with Gasteiger partial charge in [-0.05, 0) is 50.7 Å². The number of unbranched alkanes of at least 4 members (excludes halogenated alkanes) is 4. The van der Waals surface area contributed by atoms with Crippen LogP contribution in [-0.2, 0) is 9.59 Å². The third-order valence-electron chi connectivity index (χ3n) is 6.03. The minimum absolute atomic E-state index is 0.0985. The molecule has 0 aliphatic carbocycles. The Morgan fingerprint density at radius 1 is 0.793 bits per heavy atom. The number of hydrogen-bond acceptors (Lipinski definition) is 2. The van der Waals surface area contributed by atoms with E-state index in [4.69, 9.17) is 5.11 Å². The van der Waals surface area contributed by atoms with E-state index in [-0.39, 0.29) is 12.3 Å². The zero-order valence-corrected chi connectivity index (χ0v) is 16.6. The Morgan fingerprint density at radius 2 is 1.41 bits per heavy atom. The maximum atomic E-state index is 11.9. The van der Waals surface area contributed by atoms with Gasteiger partial charge in [0.25, 0.3) is 0 Å². The topological polar surface area (TPSA) is 54.4 Å². The summed E-state index contributed by atoms with van der Waals surface area (Å²) in [5.41, 5.74) is 1.12. The second kappa shape index (κ2) is 8.60. The molecule has 0 saturated carbocycles. The fraction of sp³-hybridized carbons (Fsp3) is 0.308. The number of rotatable bonds is 10. The lowest BCUT2D eigenvalue weighted by atomic mass is 9.86. The van der Waals surface area contributed by atoms with E-state index >= 15 is 0 Å². The number of carboxylic acid groups (broad SMARTS) is 1. The summed E-state index contributed by atoms with van der Waals surface area (Å²) >= 11 is 0. The van der Waals surface area contributed by atoms with E-state index in [1.165, 1.54) is 32.3 Å². The van der Waals surface area contributed by atoms with Crippen molar-refractivity contribution >= 4 is 44.6 Å². The lowest BCUT2D eigenvalue weighted by Gasteiger charge is -2.17. The first kappa shape index (κ1) is 19.4. The lowest BCUT2D eigenvalue weighted by Crippen LogP contribution is -2.02. The normalized spacial score (nSPS) is 12.7. The first-order valence-corrected chi connectivity index (χ1v) is 10.5. The van der Waals surface area contributed by atoms with Crippen LogP contribution < -0.4 is 0 Å². The molecule has 0 saturated heterocycles. The van der Waals surface area contributed by atoms with Gasteiger partial charge in [-0.25, -0.2) is 0 Å². The van der Waals surface area contributed by atoms with Gasteiger partial charge in [-0.3, -0.25) is 4.79 Å². The zero-order chi connectivity index (χ0) is 20.2. The molecular formula is C26H26O3. The second-order valence-electron chi connectivity index (χ2n) is 7.95. The number of hydrogen-bond donors (Lipinski definition) is 1. The molecule has 0 fully saturated rings. The summed E-state index contributed by atoms with van der Waals surface area (Å²) < 4.78 is 0. The van der Waals surface area contributed by atoms with Crippen molar-refractivity contribution in [2.45, 2.75) is 50.9 Å². The Labute approximate surface area is 170 Å². The van der Waals surface area contributed by atoms with Crippen molar-refractivity contribution in [1.29, 1.82) is 0 Å². The molecule has 0 aliphatic rings. The molecule has 1 unspecified atom stereocenters. The largest absolute Gasteiger partial charge is 0.481 e. The van der Waals surface area contributed by atoms with Crippen LogP contribution in [-0.4, -0.2) is 17.4 Å². The third kappa shape index (κ3) is 3.95. The maximum Gasteiger partial charge on any atom is 0.303 e. The van der Waals surface area contributed by atoms with Crippen molar-refractivity contribution in [3.05, 3.63) is 60.2 Å². The highest BCUT2D eigenvalue weighted by Gasteiger charge is 2.16. The Balaban J connectivity index is 1.54. The van der Waals surface area contributed by atoms with E-state index in [1.807, 2.05) is 0 Å². The molecular weight excluding hydrogens is 360 g/mol. The van der Waals surface area contributed by atoms with Crippen molar-refractivity contribution in [2.24, 2.45) is 0 Å². The van der Waals surface area contributed by atoms with Crippen molar-refractivity contribution in [1.82, 2.24) is 0 Å². The van der Waals surface area contributed by atoms with Gasteiger partial charge in [0.1, 0.15) is 6.29 Å². The van der Waals surface area contributed by atoms with Gasteiger partial charge in [0, 0.05) is 12.3 Å². The molecule has 29 heavy (non-hydrogen) atoms. The summed E-state index contributed by atoms with van der Waals surface area (Å²) in [6.07, 6.45) is 6.91. The van der Waals surface area contributed by atoms with Gasteiger partial charge in [-0.15, -0.1) is 0 Å². The van der Waals surface area contributed by atoms with E-state index in [1.54, 1.807) is 0 Å². The maximum absolute atomic E-state index is 11.9. The standard InChI is InChI=1S/C26H26O3/c27-17-21(7-4-2-1-3-5-10-24(28)29)22-15-13-20-12-11-18-8-6-9-19-14-16-23(22)26(20)25(18)19/h6,8-9,11-17,21H,1-5,7,10H2,(H,28,29). The van der Waals surface area contributed by atoms with Crippen LogP contribution in [0.2, 0.25) is 0 Å². The summed E-state index contributed by atoms with van der Waals surface area (Å²) in [6, 6.07) is 19.3. The predicted molar refractivity (Wildman–Crippen MR) is 119 cm³/mol. The minimum atomic E-state index is -0.722. The summed E-state index contributed by atoms with van der Waals surface area (Å²) in [5, 5.41) is 16.1. The Kier molecular flexibility index (Phi) is 5.75. The highest BCUT2D eigenvalue weighted by atomic mass is 16.4. The van der Waals surface area contributed by atoms with Crippen LogP contribution in [0.1, 0.15) is 56.4 Å². The summed E-state index contributed by atoms with van der Waals surface area (Å²) in [7, 11) is 0. The van der Waals surface area contributed by atoms with Gasteiger partial charge in [-0.1, -0.05) is 80.3 Å². The molecule has 3 nitrogen and oxygen atoms in total. The van der Waals surface area contributed by atoms with Crippen LogP contribution in [0.5, 0.6) is 0 Å². The van der Waals surface area contributed by atoms with E-state index in [2.05, 4.69) is 54.6 Å². The molecule has 0 amide bonds. The van der Waals surface area contributed by atoms with E-state index in [0.717, 1.165) is 50.4 Å². The third-order valence-corrected chi connectivity index (χ3v) is 6.03. The first-order chi connectivity index (χ1) is 14.2. The summed E-state index contributed by atoms with van der Waals surface area (Å²) in [5.74, 6) is -0.821. The monoisotopic (exact) mass is 386 g/mol. The predicted octanol–water partition coefficient (Wildman–Crippen LogP) is 6.68. The molecule has 1 atom stereocenters. The second-order valence-corrected chi connectivity index (χ2v) is 7.95. The molecule has 1 N–H and O–H groups in total. The number of carbonyl (C=O) groups is 2. The van der Waals surface area contributed by atoms with Crippen LogP contribution in [0.15, 0.2) is 54.6 Å². The number of aliphatic carboxylic acids is 1. The van der Waals surface area contributed by atoms with Crippen molar-refractivity contribution in [3.8, 4) is 0 Å². The van der Waals surface area contributed by atoms with Crippen LogP contribution >= 0.6 is 0 Å². The smallest absolute Gasteiger partial charge is 0.303 e. The molecule has 148 valence electrons. The average Bonchev–Trinajstić information content (AvgIpc) is 2.74. The van der Waals surface area contributed by atoms with E-state index in [9.17, 15) is 9.59 Å². The molecule has 4 aromatic rings. The van der Waals surface area contributed by atoms with Gasteiger partial charge in [-0.2, -0.15) is 0 Å². The highest BCUT2D eigenvalue weighted by Crippen LogP contribution is 2.38. The fourth-order valence-electron chi connectivity index (χ4n) is 4.55. The summed E-state index contributed by atoms with van der Waals surface area (Å²) in [4.78, 5) is 22.5. The van der Waals surface area contributed by atoms with Crippen molar-refractivity contribution in [2.75, 3.05) is 0 Å². The van der Waals surface area contributed by atoms with E-state index < -0.39 is 5.97 Å². The van der Waals surface area contributed by atoms with Crippen molar-refractivity contribution < 1.29 is 14.7 Å². The minimum Gasteiger partial charge on any atom is -0.481 e. The number of aldehydes is 1. The molecule has 4 rings (SSSR count). The molecule has 0 radical (unpaired) electrons. The number of carbonyl (C=O) groups excluding carboxylic acids is 1. The fourth-order valence-corrected chi connectivity index (χ4v) is 4.55. The summed E-state index contributed by atoms with van der Waals surface area (Å²) in [6.45, 7) is 0. The molecule has 0 spiro atoms.